The molecule has 2 aromatic heterocycles. The largest absolute Gasteiger partial charge is 0.479 e. The number of hydrogen-bond acceptors (Lipinski definition) is 4. The van der Waals surface area contributed by atoms with Crippen molar-refractivity contribution in [3.8, 4) is 0 Å². The van der Waals surface area contributed by atoms with Crippen molar-refractivity contribution in [3.63, 3.8) is 0 Å². The molecular formula is C13H15N3O4. The van der Waals surface area contributed by atoms with Gasteiger partial charge in [-0.2, -0.15) is 0 Å². The molecule has 106 valence electrons. The summed E-state index contributed by atoms with van der Waals surface area (Å²) in [6.45, 7) is 2.63. The molecule has 2 heterocycles. The fraction of sp³-hybridized carbons (Fsp3) is 0.308. The van der Waals surface area contributed by atoms with E-state index in [9.17, 15) is 14.7 Å². The minimum Gasteiger partial charge on any atom is -0.479 e. The van der Waals surface area contributed by atoms with Crippen LogP contribution in [-0.2, 0) is 4.79 Å². The first-order valence-electron chi connectivity index (χ1n) is 5.99. The predicted molar refractivity (Wildman–Crippen MR) is 70.5 cm³/mol. The van der Waals surface area contributed by atoms with E-state index in [4.69, 9.17) is 5.11 Å². The number of nitrogens with zero attached hydrogens (tertiary/aromatic N) is 2. The highest BCUT2D eigenvalue weighted by Gasteiger charge is 2.30. The van der Waals surface area contributed by atoms with Crippen LogP contribution in [0, 0.1) is 6.92 Å². The maximum Gasteiger partial charge on any atom is 0.337 e. The summed E-state index contributed by atoms with van der Waals surface area (Å²) in [6, 6.07) is 3.70. The molecule has 0 aromatic carbocycles. The molecule has 0 aliphatic rings. The zero-order chi connectivity index (χ0) is 14.9. The van der Waals surface area contributed by atoms with Gasteiger partial charge in [0.05, 0.1) is 6.54 Å². The molecule has 0 bridgehead atoms. The first-order chi connectivity index (χ1) is 9.29. The van der Waals surface area contributed by atoms with E-state index >= 15 is 0 Å². The highest BCUT2D eigenvalue weighted by atomic mass is 16.4. The highest BCUT2D eigenvalue weighted by Crippen LogP contribution is 2.08. The van der Waals surface area contributed by atoms with Crippen LogP contribution in [0.5, 0.6) is 0 Å². The molecule has 0 saturated heterocycles. The summed E-state index contributed by atoms with van der Waals surface area (Å²) in [7, 11) is 0. The van der Waals surface area contributed by atoms with Crippen molar-refractivity contribution in [2.75, 3.05) is 6.54 Å². The minimum atomic E-state index is -2.01. The Labute approximate surface area is 114 Å². The lowest BCUT2D eigenvalue weighted by Gasteiger charge is -2.17. The summed E-state index contributed by atoms with van der Waals surface area (Å²) in [5.41, 5.74) is -0.202. The van der Waals surface area contributed by atoms with Crippen LogP contribution in [0.2, 0.25) is 0 Å². The molecule has 3 N–H and O–H groups in total. The van der Waals surface area contributed by atoms with Gasteiger partial charge in [0.2, 0.25) is 0 Å². The maximum absolute atomic E-state index is 11.9. The number of carbonyl (C=O) groups excluding carboxylic acids is 1. The first-order valence-corrected chi connectivity index (χ1v) is 5.99. The van der Waals surface area contributed by atoms with Crippen LogP contribution in [-0.4, -0.2) is 43.6 Å². The molecule has 0 aliphatic heterocycles. The fourth-order valence-electron chi connectivity index (χ4n) is 1.61. The topological polar surface area (TPSA) is 104 Å². The number of imidazole rings is 1. The van der Waals surface area contributed by atoms with Crippen LogP contribution in [0.3, 0.4) is 0 Å². The molecule has 0 radical (unpaired) electrons. The van der Waals surface area contributed by atoms with E-state index in [1.165, 1.54) is 0 Å². The van der Waals surface area contributed by atoms with Gasteiger partial charge in [0, 0.05) is 12.4 Å². The zero-order valence-electron chi connectivity index (χ0n) is 11.1. The van der Waals surface area contributed by atoms with Crippen molar-refractivity contribution in [2.45, 2.75) is 19.4 Å². The first kappa shape index (κ1) is 14.0. The van der Waals surface area contributed by atoms with Gasteiger partial charge in [-0.15, -0.1) is 0 Å². The Hall–Kier alpha value is -2.41. The molecule has 20 heavy (non-hydrogen) atoms. The summed E-state index contributed by atoms with van der Waals surface area (Å²) in [6.07, 6.45) is 3.32. The van der Waals surface area contributed by atoms with Crippen LogP contribution in [0.1, 0.15) is 23.0 Å². The number of fused-ring (bicyclic) bond motifs is 1. The second-order valence-corrected chi connectivity index (χ2v) is 4.86. The van der Waals surface area contributed by atoms with E-state index in [1.807, 2.05) is 19.1 Å². The second-order valence-electron chi connectivity index (χ2n) is 4.86. The van der Waals surface area contributed by atoms with Crippen molar-refractivity contribution < 1.29 is 19.8 Å². The summed E-state index contributed by atoms with van der Waals surface area (Å²) in [5, 5.41) is 20.6. The molecular weight excluding hydrogens is 262 g/mol. The van der Waals surface area contributed by atoms with Gasteiger partial charge < -0.3 is 19.9 Å². The number of amides is 1. The third kappa shape index (κ3) is 2.77. The smallest absolute Gasteiger partial charge is 0.337 e. The number of aliphatic carboxylic acids is 1. The van der Waals surface area contributed by atoms with Crippen LogP contribution >= 0.6 is 0 Å². The van der Waals surface area contributed by atoms with E-state index < -0.39 is 24.0 Å². The number of carbonyl (C=O) groups is 2. The standard InChI is InChI=1S/C13H15N3O4/c1-8-3-4-16-6-9(15-10(16)5-8)11(17)14-7-13(2,20)12(18)19/h3-6,20H,7H2,1-2H3,(H,14,17)(H,18,19). The summed E-state index contributed by atoms with van der Waals surface area (Å²) < 4.78 is 1.69. The normalized spacial score (nSPS) is 13.9. The average molecular weight is 277 g/mol. The summed E-state index contributed by atoms with van der Waals surface area (Å²) in [4.78, 5) is 26.7. The van der Waals surface area contributed by atoms with Crippen molar-refractivity contribution in [2.24, 2.45) is 0 Å². The molecule has 0 fully saturated rings. The van der Waals surface area contributed by atoms with E-state index in [1.54, 1.807) is 16.8 Å². The van der Waals surface area contributed by atoms with Gasteiger partial charge >= 0.3 is 5.97 Å². The number of rotatable bonds is 4. The van der Waals surface area contributed by atoms with Gasteiger partial charge in [0.25, 0.3) is 5.91 Å². The maximum atomic E-state index is 11.9. The third-order valence-corrected chi connectivity index (χ3v) is 2.90. The number of aliphatic hydroxyl groups is 1. The van der Waals surface area contributed by atoms with Crippen LogP contribution in [0.25, 0.3) is 5.65 Å². The number of carboxylic acid groups (broad SMARTS) is 1. The highest BCUT2D eigenvalue weighted by molar-refractivity contribution is 5.93. The molecule has 7 heteroatoms. The molecule has 1 amide bonds. The monoisotopic (exact) mass is 277 g/mol. The average Bonchev–Trinajstić information content (AvgIpc) is 2.78. The van der Waals surface area contributed by atoms with Crippen molar-refractivity contribution >= 4 is 17.5 Å². The number of hydrogen-bond donors (Lipinski definition) is 3. The Bertz CT molecular complexity index is 675. The molecule has 0 aliphatic carbocycles. The Morgan fingerprint density at radius 2 is 2.20 bits per heavy atom. The molecule has 0 saturated carbocycles. The predicted octanol–water partition coefficient (Wildman–Crippen LogP) is 0.208. The second kappa shape index (κ2) is 4.93. The Morgan fingerprint density at radius 1 is 1.50 bits per heavy atom. The van der Waals surface area contributed by atoms with Gasteiger partial charge in [-0.05, 0) is 31.5 Å². The molecule has 1 atom stereocenters. The molecule has 7 nitrogen and oxygen atoms in total. The van der Waals surface area contributed by atoms with E-state index in [0.717, 1.165) is 12.5 Å². The van der Waals surface area contributed by atoms with Crippen molar-refractivity contribution in [1.82, 2.24) is 14.7 Å². The zero-order valence-corrected chi connectivity index (χ0v) is 11.1. The fourth-order valence-corrected chi connectivity index (χ4v) is 1.61. The Balaban J connectivity index is 2.14. The molecule has 2 aromatic rings. The van der Waals surface area contributed by atoms with Crippen molar-refractivity contribution in [3.05, 3.63) is 35.8 Å². The van der Waals surface area contributed by atoms with Crippen molar-refractivity contribution in [1.29, 1.82) is 0 Å². The number of carboxylic acids is 1. The minimum absolute atomic E-state index is 0.164. The number of aromatic nitrogens is 2. The van der Waals surface area contributed by atoms with Gasteiger partial charge in [-0.3, -0.25) is 4.79 Å². The van der Waals surface area contributed by atoms with Gasteiger partial charge in [-0.25, -0.2) is 9.78 Å². The van der Waals surface area contributed by atoms with Crippen LogP contribution in [0.4, 0.5) is 0 Å². The lowest BCUT2D eigenvalue weighted by Crippen LogP contribution is -2.46. The van der Waals surface area contributed by atoms with Gasteiger partial charge in [-0.1, -0.05) is 0 Å². The van der Waals surface area contributed by atoms with Gasteiger partial charge in [0.1, 0.15) is 11.3 Å². The van der Waals surface area contributed by atoms with E-state index in [0.29, 0.717) is 5.65 Å². The molecule has 2 rings (SSSR count). The quantitative estimate of drug-likeness (QED) is 0.741. The SMILES string of the molecule is Cc1ccn2cc(C(=O)NCC(C)(O)C(=O)O)nc2c1. The lowest BCUT2D eigenvalue weighted by molar-refractivity contribution is -0.155. The van der Waals surface area contributed by atoms with Crippen LogP contribution in [0.15, 0.2) is 24.5 Å². The number of nitrogens with one attached hydrogen (secondary N) is 1. The summed E-state index contributed by atoms with van der Waals surface area (Å²) in [5.74, 6) is -1.93. The van der Waals surface area contributed by atoms with E-state index in [-0.39, 0.29) is 5.69 Å². The van der Waals surface area contributed by atoms with E-state index in [2.05, 4.69) is 10.3 Å². The molecule has 1 unspecified atom stereocenters. The number of aryl methyl sites for hydroxylation is 1. The Kier molecular flexibility index (Phi) is 3.46. The lowest BCUT2D eigenvalue weighted by atomic mass is 10.1. The number of pyridine rings is 1. The Morgan fingerprint density at radius 3 is 2.85 bits per heavy atom. The van der Waals surface area contributed by atoms with Gasteiger partial charge in [0.15, 0.2) is 5.60 Å². The molecule has 0 spiro atoms. The third-order valence-electron chi connectivity index (χ3n) is 2.90. The van der Waals surface area contributed by atoms with Crippen LogP contribution < -0.4 is 5.32 Å². The summed E-state index contributed by atoms with van der Waals surface area (Å²) >= 11 is 0.